The lowest BCUT2D eigenvalue weighted by Gasteiger charge is -2.20. The van der Waals surface area contributed by atoms with Gasteiger partial charge in [0.25, 0.3) is 12.6 Å². The van der Waals surface area contributed by atoms with Gasteiger partial charge >= 0.3 is 6.11 Å². The van der Waals surface area contributed by atoms with Crippen molar-refractivity contribution in [1.29, 1.82) is 0 Å². The second-order valence-electron chi connectivity index (χ2n) is 2.72. The zero-order valence-corrected chi connectivity index (χ0v) is 9.10. The van der Waals surface area contributed by atoms with Crippen LogP contribution < -0.4 is 4.74 Å². The number of nitrogens with zero attached hydrogens (tertiary/aromatic N) is 1. The SMILES string of the molecule is FC(F)C(F)C(F)(F)Oc1ccc(Br)nc1. The van der Waals surface area contributed by atoms with E-state index < -0.39 is 24.5 Å². The molecule has 0 fully saturated rings. The highest BCUT2D eigenvalue weighted by Crippen LogP contribution is 2.29. The molecule has 0 radical (unpaired) electrons. The van der Waals surface area contributed by atoms with E-state index in [1.54, 1.807) is 0 Å². The Balaban J connectivity index is 2.76. The third-order valence-corrected chi connectivity index (χ3v) is 1.97. The van der Waals surface area contributed by atoms with Crippen LogP contribution in [0, 0.1) is 0 Å². The smallest absolute Gasteiger partial charge is 0.429 e. The van der Waals surface area contributed by atoms with Crippen molar-refractivity contribution in [3.8, 4) is 5.75 Å². The van der Waals surface area contributed by atoms with Gasteiger partial charge in [-0.25, -0.2) is 18.2 Å². The van der Waals surface area contributed by atoms with Gasteiger partial charge in [0.05, 0.1) is 6.20 Å². The van der Waals surface area contributed by atoms with Gasteiger partial charge in [-0.2, -0.15) is 8.78 Å². The number of hydrogen-bond donors (Lipinski definition) is 0. The molecule has 1 aromatic rings. The largest absolute Gasteiger partial charge is 0.435 e. The van der Waals surface area contributed by atoms with E-state index in [4.69, 9.17) is 0 Å². The van der Waals surface area contributed by atoms with Gasteiger partial charge in [-0.1, -0.05) is 0 Å². The van der Waals surface area contributed by atoms with Crippen LogP contribution in [0.1, 0.15) is 0 Å². The zero-order chi connectivity index (χ0) is 12.3. The van der Waals surface area contributed by atoms with Gasteiger partial charge in [-0.05, 0) is 28.1 Å². The van der Waals surface area contributed by atoms with E-state index >= 15 is 0 Å². The first-order chi connectivity index (χ1) is 7.33. The van der Waals surface area contributed by atoms with Crippen molar-refractivity contribution in [2.24, 2.45) is 0 Å². The van der Waals surface area contributed by atoms with Crippen LogP contribution in [0.25, 0.3) is 0 Å². The van der Waals surface area contributed by atoms with Crippen LogP contribution in [0.2, 0.25) is 0 Å². The molecule has 2 nitrogen and oxygen atoms in total. The average Bonchev–Trinajstić information content (AvgIpc) is 2.20. The minimum absolute atomic E-state index is 0.342. The minimum Gasteiger partial charge on any atom is -0.429 e. The molecule has 8 heteroatoms. The van der Waals surface area contributed by atoms with Crippen molar-refractivity contribution < 1.29 is 26.7 Å². The Bertz CT molecular complexity index is 345. The normalized spacial score (nSPS) is 13.9. The zero-order valence-electron chi connectivity index (χ0n) is 7.51. The molecule has 1 unspecified atom stereocenters. The highest BCUT2D eigenvalue weighted by molar-refractivity contribution is 9.10. The standard InChI is InChI=1S/C8H5BrF5NO/c9-5-2-1-4(3-15-5)16-8(13,14)6(10)7(11)12/h1-3,6-7H. The molecular weight excluding hydrogens is 301 g/mol. The van der Waals surface area contributed by atoms with Crippen molar-refractivity contribution >= 4 is 15.9 Å². The highest BCUT2D eigenvalue weighted by atomic mass is 79.9. The summed E-state index contributed by atoms with van der Waals surface area (Å²) < 4.78 is 65.5. The van der Waals surface area contributed by atoms with Crippen molar-refractivity contribution in [3.63, 3.8) is 0 Å². The van der Waals surface area contributed by atoms with E-state index in [2.05, 4.69) is 25.7 Å². The van der Waals surface area contributed by atoms with Crippen molar-refractivity contribution in [2.45, 2.75) is 18.7 Å². The molecule has 0 bridgehead atoms. The molecule has 1 heterocycles. The summed E-state index contributed by atoms with van der Waals surface area (Å²) in [5.74, 6) is -0.503. The molecule has 0 aliphatic heterocycles. The topological polar surface area (TPSA) is 22.1 Å². The van der Waals surface area contributed by atoms with Gasteiger partial charge in [0.2, 0.25) is 0 Å². The Hall–Kier alpha value is -0.920. The summed E-state index contributed by atoms with van der Waals surface area (Å²) in [7, 11) is 0. The fourth-order valence-corrected chi connectivity index (χ4v) is 1.02. The Morgan fingerprint density at radius 3 is 2.31 bits per heavy atom. The summed E-state index contributed by atoms with van der Waals surface area (Å²) in [5, 5.41) is 0. The van der Waals surface area contributed by atoms with E-state index in [1.807, 2.05) is 0 Å². The van der Waals surface area contributed by atoms with Crippen LogP contribution >= 0.6 is 15.9 Å². The number of pyridine rings is 1. The summed E-state index contributed by atoms with van der Waals surface area (Å²) in [4.78, 5) is 3.52. The van der Waals surface area contributed by atoms with Crippen LogP contribution in [0.3, 0.4) is 0 Å². The maximum atomic E-state index is 12.7. The summed E-state index contributed by atoms with van der Waals surface area (Å²) in [6.45, 7) is 0. The molecule has 16 heavy (non-hydrogen) atoms. The van der Waals surface area contributed by atoms with E-state index in [0.717, 1.165) is 12.3 Å². The predicted molar refractivity (Wildman–Crippen MR) is 48.4 cm³/mol. The first-order valence-electron chi connectivity index (χ1n) is 3.93. The average molecular weight is 306 g/mol. The third kappa shape index (κ3) is 3.29. The minimum atomic E-state index is -4.59. The van der Waals surface area contributed by atoms with Crippen LogP contribution in [0.15, 0.2) is 22.9 Å². The monoisotopic (exact) mass is 305 g/mol. The molecule has 0 amide bonds. The fraction of sp³-hybridized carbons (Fsp3) is 0.375. The Morgan fingerprint density at radius 1 is 1.25 bits per heavy atom. The van der Waals surface area contributed by atoms with Gasteiger partial charge in [0, 0.05) is 0 Å². The molecule has 0 saturated carbocycles. The number of ether oxygens (including phenoxy) is 1. The number of rotatable bonds is 4. The third-order valence-electron chi connectivity index (χ3n) is 1.50. The van der Waals surface area contributed by atoms with E-state index in [0.29, 0.717) is 4.60 Å². The molecule has 1 rings (SSSR count). The predicted octanol–water partition coefficient (Wildman–Crippen LogP) is 3.42. The lowest BCUT2D eigenvalue weighted by atomic mass is 10.3. The van der Waals surface area contributed by atoms with Crippen molar-refractivity contribution in [1.82, 2.24) is 4.98 Å². The van der Waals surface area contributed by atoms with E-state index in [-0.39, 0.29) is 0 Å². The van der Waals surface area contributed by atoms with Gasteiger partial charge < -0.3 is 4.74 Å². The lowest BCUT2D eigenvalue weighted by molar-refractivity contribution is -0.244. The number of alkyl halides is 5. The molecule has 1 atom stereocenters. The first-order valence-corrected chi connectivity index (χ1v) is 4.73. The number of aromatic nitrogens is 1. The summed E-state index contributed by atoms with van der Waals surface area (Å²) >= 11 is 2.93. The molecule has 1 aromatic heterocycles. The van der Waals surface area contributed by atoms with Crippen LogP contribution in [0.4, 0.5) is 22.0 Å². The molecule has 0 aliphatic carbocycles. The van der Waals surface area contributed by atoms with Gasteiger partial charge in [-0.15, -0.1) is 0 Å². The second-order valence-corrected chi connectivity index (χ2v) is 3.53. The molecule has 90 valence electrons. The summed E-state index contributed by atoms with van der Waals surface area (Å²) in [6, 6.07) is 2.30. The number of halogens is 6. The Morgan fingerprint density at radius 2 is 1.88 bits per heavy atom. The van der Waals surface area contributed by atoms with Gasteiger partial charge in [-0.3, -0.25) is 0 Å². The molecule has 0 N–H and O–H groups in total. The Labute approximate surface area is 95.6 Å². The first kappa shape index (κ1) is 13.1. The summed E-state index contributed by atoms with van der Waals surface area (Å²) in [6.07, 6.45) is -11.2. The quantitative estimate of drug-likeness (QED) is 0.628. The molecule has 0 saturated heterocycles. The van der Waals surface area contributed by atoms with Crippen LogP contribution in [-0.2, 0) is 0 Å². The Kier molecular flexibility index (Phi) is 4.06. The molecule has 0 aliphatic rings. The van der Waals surface area contributed by atoms with Crippen LogP contribution in [0.5, 0.6) is 5.75 Å². The number of hydrogen-bond acceptors (Lipinski definition) is 2. The maximum Gasteiger partial charge on any atom is 0.435 e. The highest BCUT2D eigenvalue weighted by Gasteiger charge is 2.49. The van der Waals surface area contributed by atoms with E-state index in [9.17, 15) is 22.0 Å². The molecular formula is C8H5BrF5NO. The second kappa shape index (κ2) is 4.94. The molecule has 0 aromatic carbocycles. The fourth-order valence-electron chi connectivity index (χ4n) is 0.783. The summed E-state index contributed by atoms with van der Waals surface area (Å²) in [5.41, 5.74) is 0. The maximum absolute atomic E-state index is 12.7. The van der Waals surface area contributed by atoms with Gasteiger partial charge in [0.15, 0.2) is 0 Å². The molecule has 0 spiro atoms. The lowest BCUT2D eigenvalue weighted by Crippen LogP contribution is -2.40. The van der Waals surface area contributed by atoms with Crippen molar-refractivity contribution in [3.05, 3.63) is 22.9 Å². The van der Waals surface area contributed by atoms with Crippen molar-refractivity contribution in [2.75, 3.05) is 0 Å². The van der Waals surface area contributed by atoms with E-state index in [1.165, 1.54) is 6.07 Å². The van der Waals surface area contributed by atoms with Gasteiger partial charge in [0.1, 0.15) is 10.4 Å². The van der Waals surface area contributed by atoms with Crippen LogP contribution in [-0.4, -0.2) is 23.7 Å².